The Balaban J connectivity index is 2.27. The van der Waals surface area contributed by atoms with Gasteiger partial charge in [-0.2, -0.15) is 0 Å². The first-order valence-electron chi connectivity index (χ1n) is 6.08. The molecule has 1 aromatic rings. The zero-order chi connectivity index (χ0) is 13.4. The van der Waals surface area contributed by atoms with Gasteiger partial charge in [0, 0.05) is 17.6 Å². The number of unbranched alkanes of at least 4 members (excludes halogenated alkanes) is 1. The molecule has 0 aromatic heterocycles. The van der Waals surface area contributed by atoms with E-state index in [0.717, 1.165) is 12.8 Å². The van der Waals surface area contributed by atoms with Crippen LogP contribution in [-0.2, 0) is 4.74 Å². The minimum Gasteiger partial charge on any atom is -0.389 e. The highest BCUT2D eigenvalue weighted by molar-refractivity contribution is 9.10. The minimum absolute atomic E-state index is 0.269. The second kappa shape index (κ2) is 8.45. The number of hydrogen-bond acceptors (Lipinski definition) is 3. The van der Waals surface area contributed by atoms with Gasteiger partial charge in [0.15, 0.2) is 0 Å². The Morgan fingerprint density at radius 1 is 1.50 bits per heavy atom. The molecule has 1 unspecified atom stereocenters. The van der Waals surface area contributed by atoms with Gasteiger partial charge in [-0.3, -0.25) is 0 Å². The molecule has 0 saturated carbocycles. The van der Waals surface area contributed by atoms with Crippen molar-refractivity contribution in [1.29, 1.82) is 0 Å². The third-order valence-corrected chi connectivity index (χ3v) is 2.90. The van der Waals surface area contributed by atoms with Crippen molar-refractivity contribution in [1.82, 2.24) is 0 Å². The van der Waals surface area contributed by atoms with Crippen LogP contribution in [0, 0.1) is 5.82 Å². The number of nitrogens with one attached hydrogen (secondary N) is 1. The van der Waals surface area contributed by atoms with Gasteiger partial charge in [-0.05, 0) is 24.6 Å². The first-order valence-corrected chi connectivity index (χ1v) is 6.87. The third-order valence-electron chi connectivity index (χ3n) is 2.41. The van der Waals surface area contributed by atoms with E-state index in [0.29, 0.717) is 16.8 Å². The Morgan fingerprint density at radius 3 is 2.94 bits per heavy atom. The number of hydrogen-bond donors (Lipinski definition) is 2. The van der Waals surface area contributed by atoms with Gasteiger partial charge in [-0.1, -0.05) is 29.3 Å². The van der Waals surface area contributed by atoms with Gasteiger partial charge in [0.25, 0.3) is 0 Å². The molecular formula is C13H19BrFNO2. The van der Waals surface area contributed by atoms with Crippen molar-refractivity contribution >= 4 is 21.6 Å². The van der Waals surface area contributed by atoms with Crippen molar-refractivity contribution in [3.05, 3.63) is 28.5 Å². The molecule has 1 atom stereocenters. The highest BCUT2D eigenvalue weighted by Gasteiger charge is 2.07. The van der Waals surface area contributed by atoms with Crippen molar-refractivity contribution < 1.29 is 14.2 Å². The lowest BCUT2D eigenvalue weighted by atomic mass is 10.3. The van der Waals surface area contributed by atoms with Crippen LogP contribution in [0.15, 0.2) is 22.7 Å². The molecule has 0 heterocycles. The number of rotatable bonds is 8. The Labute approximate surface area is 115 Å². The van der Waals surface area contributed by atoms with Crippen LogP contribution >= 0.6 is 15.9 Å². The molecule has 0 radical (unpaired) electrons. The molecule has 0 aliphatic heterocycles. The Hall–Kier alpha value is -0.650. The van der Waals surface area contributed by atoms with E-state index in [2.05, 4.69) is 28.2 Å². The van der Waals surface area contributed by atoms with Gasteiger partial charge in [0.2, 0.25) is 0 Å². The summed E-state index contributed by atoms with van der Waals surface area (Å²) in [6, 6.07) is 4.76. The highest BCUT2D eigenvalue weighted by Crippen LogP contribution is 2.19. The van der Waals surface area contributed by atoms with E-state index in [1.165, 1.54) is 6.07 Å². The fourth-order valence-electron chi connectivity index (χ4n) is 1.39. The summed E-state index contributed by atoms with van der Waals surface area (Å²) in [5.74, 6) is -0.344. The Kier molecular flexibility index (Phi) is 7.23. The number of benzene rings is 1. The molecule has 1 rings (SSSR count). The zero-order valence-electron chi connectivity index (χ0n) is 10.5. The molecule has 0 spiro atoms. The van der Waals surface area contributed by atoms with Crippen molar-refractivity contribution in [2.24, 2.45) is 0 Å². The van der Waals surface area contributed by atoms with Gasteiger partial charge in [-0.25, -0.2) is 4.39 Å². The SMILES string of the molecule is CCCCOCC(O)CNc1ccc(Br)cc1F. The number of anilines is 1. The zero-order valence-corrected chi connectivity index (χ0v) is 12.0. The molecule has 18 heavy (non-hydrogen) atoms. The summed E-state index contributed by atoms with van der Waals surface area (Å²) >= 11 is 3.19. The van der Waals surface area contributed by atoms with Gasteiger partial charge in [-0.15, -0.1) is 0 Å². The van der Waals surface area contributed by atoms with E-state index in [9.17, 15) is 9.50 Å². The van der Waals surface area contributed by atoms with Crippen LogP contribution in [0.2, 0.25) is 0 Å². The molecule has 0 aliphatic rings. The molecule has 0 amide bonds. The normalized spacial score (nSPS) is 12.4. The fourth-order valence-corrected chi connectivity index (χ4v) is 1.72. The van der Waals surface area contributed by atoms with Crippen LogP contribution in [0.1, 0.15) is 19.8 Å². The summed E-state index contributed by atoms with van der Waals surface area (Å²) in [5.41, 5.74) is 0.380. The topological polar surface area (TPSA) is 41.5 Å². The number of halogens is 2. The van der Waals surface area contributed by atoms with Gasteiger partial charge in [0.05, 0.1) is 18.4 Å². The van der Waals surface area contributed by atoms with E-state index in [4.69, 9.17) is 4.74 Å². The third kappa shape index (κ3) is 5.80. The molecule has 0 saturated heterocycles. The molecule has 0 bridgehead atoms. The maximum Gasteiger partial charge on any atom is 0.147 e. The summed E-state index contributed by atoms with van der Waals surface area (Å²) in [4.78, 5) is 0. The molecule has 2 N–H and O–H groups in total. The predicted molar refractivity (Wildman–Crippen MR) is 74.3 cm³/mol. The lowest BCUT2D eigenvalue weighted by molar-refractivity contribution is 0.0421. The largest absolute Gasteiger partial charge is 0.389 e. The van der Waals surface area contributed by atoms with E-state index in [-0.39, 0.29) is 19.0 Å². The summed E-state index contributed by atoms with van der Waals surface area (Å²) < 4.78 is 19.4. The van der Waals surface area contributed by atoms with Crippen LogP contribution in [-0.4, -0.2) is 31.0 Å². The van der Waals surface area contributed by atoms with Crippen molar-refractivity contribution in [3.8, 4) is 0 Å². The summed E-state index contributed by atoms with van der Waals surface area (Å²) in [5, 5.41) is 12.5. The smallest absolute Gasteiger partial charge is 0.147 e. The summed E-state index contributed by atoms with van der Waals surface area (Å²) in [7, 11) is 0. The molecule has 5 heteroatoms. The number of aliphatic hydroxyl groups excluding tert-OH is 1. The maximum absolute atomic E-state index is 13.4. The maximum atomic E-state index is 13.4. The highest BCUT2D eigenvalue weighted by atomic mass is 79.9. The average molecular weight is 320 g/mol. The van der Waals surface area contributed by atoms with Crippen LogP contribution < -0.4 is 5.32 Å². The summed E-state index contributed by atoms with van der Waals surface area (Å²) in [6.45, 7) is 3.27. The molecule has 0 fully saturated rings. The number of aliphatic hydroxyl groups is 1. The van der Waals surface area contributed by atoms with Gasteiger partial charge < -0.3 is 15.2 Å². The van der Waals surface area contributed by atoms with Crippen molar-refractivity contribution in [2.45, 2.75) is 25.9 Å². The van der Waals surface area contributed by atoms with E-state index in [1.54, 1.807) is 12.1 Å². The van der Waals surface area contributed by atoms with Crippen molar-refractivity contribution in [2.75, 3.05) is 25.1 Å². The van der Waals surface area contributed by atoms with Crippen molar-refractivity contribution in [3.63, 3.8) is 0 Å². The molecule has 102 valence electrons. The second-order valence-electron chi connectivity index (χ2n) is 4.09. The minimum atomic E-state index is -0.634. The Bertz CT molecular complexity index is 363. The van der Waals surface area contributed by atoms with E-state index in [1.807, 2.05) is 0 Å². The fraction of sp³-hybridized carbons (Fsp3) is 0.538. The van der Waals surface area contributed by atoms with Crippen LogP contribution in [0.5, 0.6) is 0 Å². The lowest BCUT2D eigenvalue weighted by Crippen LogP contribution is -2.25. The van der Waals surface area contributed by atoms with Crippen LogP contribution in [0.3, 0.4) is 0 Å². The van der Waals surface area contributed by atoms with E-state index >= 15 is 0 Å². The quantitative estimate of drug-likeness (QED) is 0.723. The second-order valence-corrected chi connectivity index (χ2v) is 5.00. The van der Waals surface area contributed by atoms with Crippen LogP contribution in [0.25, 0.3) is 0 Å². The standard InChI is InChI=1S/C13H19BrFNO2/c1-2-3-6-18-9-11(17)8-16-13-5-4-10(14)7-12(13)15/h4-5,7,11,16-17H,2-3,6,8-9H2,1H3. The Morgan fingerprint density at radius 2 is 2.28 bits per heavy atom. The monoisotopic (exact) mass is 319 g/mol. The van der Waals surface area contributed by atoms with E-state index < -0.39 is 6.10 Å². The molecule has 1 aromatic carbocycles. The first kappa shape index (κ1) is 15.4. The molecule has 0 aliphatic carbocycles. The lowest BCUT2D eigenvalue weighted by Gasteiger charge is -2.13. The molecular weight excluding hydrogens is 301 g/mol. The summed E-state index contributed by atoms with van der Waals surface area (Å²) in [6.07, 6.45) is 1.42. The van der Waals surface area contributed by atoms with Gasteiger partial charge >= 0.3 is 0 Å². The van der Waals surface area contributed by atoms with Gasteiger partial charge in [0.1, 0.15) is 5.82 Å². The van der Waals surface area contributed by atoms with Crippen LogP contribution in [0.4, 0.5) is 10.1 Å². The predicted octanol–water partition coefficient (Wildman–Crippen LogP) is 3.18. The number of ether oxygens (including phenoxy) is 1. The average Bonchev–Trinajstić information content (AvgIpc) is 2.33. The first-order chi connectivity index (χ1) is 8.63. The molecule has 3 nitrogen and oxygen atoms in total.